The largest absolute Gasteiger partial charge is 0.345 e. The molecule has 2 atom stereocenters. The van der Waals surface area contributed by atoms with Gasteiger partial charge in [0.05, 0.1) is 5.69 Å². The fraction of sp³-hybridized carbons (Fsp3) is 0.800. The molecule has 19 heavy (non-hydrogen) atoms. The molecule has 0 bridgehead atoms. The number of hydrogen-bond acceptors (Lipinski definition) is 4. The highest BCUT2D eigenvalue weighted by Crippen LogP contribution is 2.35. The Morgan fingerprint density at radius 3 is 2.84 bits per heavy atom. The van der Waals surface area contributed by atoms with Gasteiger partial charge in [-0.2, -0.15) is 0 Å². The molecule has 2 rings (SSSR count). The zero-order valence-corrected chi connectivity index (χ0v) is 13.5. The summed E-state index contributed by atoms with van der Waals surface area (Å²) in [7, 11) is 0. The van der Waals surface area contributed by atoms with E-state index in [0.717, 1.165) is 19.5 Å². The van der Waals surface area contributed by atoms with Crippen molar-refractivity contribution in [1.29, 1.82) is 0 Å². The first-order valence-corrected chi connectivity index (χ1v) is 8.45. The Hall–Kier alpha value is -0.610. The van der Waals surface area contributed by atoms with Crippen molar-refractivity contribution < 1.29 is 0 Å². The Kier molecular flexibility index (Phi) is 5.22. The first-order valence-electron chi connectivity index (χ1n) is 7.64. The smallest absolute Gasteiger partial charge is 0.186 e. The SMILES string of the molecule is CCNCc1sc(N2CCCC2C)nc1C(C)CC. The van der Waals surface area contributed by atoms with Crippen LogP contribution in [0, 0.1) is 0 Å². The van der Waals surface area contributed by atoms with Gasteiger partial charge in [-0.1, -0.05) is 20.8 Å². The summed E-state index contributed by atoms with van der Waals surface area (Å²) in [5.41, 5.74) is 1.32. The van der Waals surface area contributed by atoms with Crippen LogP contribution < -0.4 is 10.2 Å². The predicted molar refractivity (Wildman–Crippen MR) is 84.2 cm³/mol. The number of nitrogens with one attached hydrogen (secondary N) is 1. The summed E-state index contributed by atoms with van der Waals surface area (Å²) < 4.78 is 0. The number of anilines is 1. The lowest BCUT2D eigenvalue weighted by Crippen LogP contribution is -2.26. The average Bonchev–Trinajstić information content (AvgIpc) is 3.01. The molecule has 1 N–H and O–H groups in total. The van der Waals surface area contributed by atoms with Crippen LogP contribution in [-0.4, -0.2) is 24.1 Å². The maximum atomic E-state index is 4.97. The average molecular weight is 281 g/mol. The molecule has 0 spiro atoms. The van der Waals surface area contributed by atoms with Gasteiger partial charge < -0.3 is 10.2 Å². The normalized spacial score (nSPS) is 21.1. The Balaban J connectivity index is 2.22. The molecule has 2 heterocycles. The Morgan fingerprint density at radius 2 is 2.26 bits per heavy atom. The van der Waals surface area contributed by atoms with E-state index >= 15 is 0 Å². The monoisotopic (exact) mass is 281 g/mol. The summed E-state index contributed by atoms with van der Waals surface area (Å²) in [5.74, 6) is 0.566. The maximum absolute atomic E-state index is 4.97. The summed E-state index contributed by atoms with van der Waals surface area (Å²) >= 11 is 1.90. The summed E-state index contributed by atoms with van der Waals surface area (Å²) in [6, 6.07) is 0.655. The molecular weight excluding hydrogens is 254 g/mol. The minimum Gasteiger partial charge on any atom is -0.345 e. The van der Waals surface area contributed by atoms with Crippen molar-refractivity contribution in [2.24, 2.45) is 0 Å². The second kappa shape index (κ2) is 6.71. The lowest BCUT2D eigenvalue weighted by atomic mass is 10.0. The molecule has 0 amide bonds. The highest BCUT2D eigenvalue weighted by atomic mass is 32.1. The molecule has 1 aromatic heterocycles. The third kappa shape index (κ3) is 3.29. The van der Waals surface area contributed by atoms with Crippen molar-refractivity contribution in [1.82, 2.24) is 10.3 Å². The number of hydrogen-bond donors (Lipinski definition) is 1. The Morgan fingerprint density at radius 1 is 1.47 bits per heavy atom. The molecule has 0 aromatic carbocycles. The van der Waals surface area contributed by atoms with Gasteiger partial charge >= 0.3 is 0 Å². The van der Waals surface area contributed by atoms with E-state index in [1.165, 1.54) is 35.1 Å². The quantitative estimate of drug-likeness (QED) is 0.860. The first-order chi connectivity index (χ1) is 9.17. The third-order valence-corrected chi connectivity index (χ3v) is 5.24. The summed E-state index contributed by atoms with van der Waals surface area (Å²) in [5, 5.41) is 4.69. The first kappa shape index (κ1) is 14.8. The van der Waals surface area contributed by atoms with E-state index in [1.54, 1.807) is 0 Å². The van der Waals surface area contributed by atoms with E-state index in [1.807, 2.05) is 11.3 Å². The van der Waals surface area contributed by atoms with Crippen LogP contribution in [0.5, 0.6) is 0 Å². The highest BCUT2D eigenvalue weighted by Gasteiger charge is 2.25. The van der Waals surface area contributed by atoms with E-state index in [9.17, 15) is 0 Å². The van der Waals surface area contributed by atoms with Crippen LogP contribution in [0.2, 0.25) is 0 Å². The van der Waals surface area contributed by atoms with E-state index in [0.29, 0.717) is 12.0 Å². The van der Waals surface area contributed by atoms with Gasteiger partial charge in [0.25, 0.3) is 0 Å². The van der Waals surface area contributed by atoms with Crippen LogP contribution in [0.4, 0.5) is 5.13 Å². The van der Waals surface area contributed by atoms with Crippen molar-refractivity contribution in [2.75, 3.05) is 18.0 Å². The van der Waals surface area contributed by atoms with E-state index in [2.05, 4.69) is 37.9 Å². The number of thiazole rings is 1. The molecule has 4 heteroatoms. The third-order valence-electron chi connectivity index (χ3n) is 4.13. The number of aromatic nitrogens is 1. The van der Waals surface area contributed by atoms with E-state index < -0.39 is 0 Å². The van der Waals surface area contributed by atoms with Crippen LogP contribution >= 0.6 is 11.3 Å². The van der Waals surface area contributed by atoms with E-state index in [-0.39, 0.29) is 0 Å². The molecule has 2 unspecified atom stereocenters. The fourth-order valence-corrected chi connectivity index (χ4v) is 3.91. The van der Waals surface area contributed by atoms with Gasteiger partial charge in [0.1, 0.15) is 0 Å². The number of nitrogens with zero attached hydrogens (tertiary/aromatic N) is 2. The molecular formula is C15H27N3S. The van der Waals surface area contributed by atoms with Crippen molar-refractivity contribution in [3.8, 4) is 0 Å². The van der Waals surface area contributed by atoms with Gasteiger partial charge in [-0.3, -0.25) is 0 Å². The Bertz CT molecular complexity index is 402. The fourth-order valence-electron chi connectivity index (χ4n) is 2.63. The van der Waals surface area contributed by atoms with Crippen LogP contribution in [0.15, 0.2) is 0 Å². The molecule has 1 aliphatic rings. The van der Waals surface area contributed by atoms with Gasteiger partial charge in [-0.25, -0.2) is 4.98 Å². The second-order valence-electron chi connectivity index (χ2n) is 5.58. The minimum atomic E-state index is 0.566. The molecule has 0 radical (unpaired) electrons. The molecule has 3 nitrogen and oxygen atoms in total. The van der Waals surface area contributed by atoms with Gasteiger partial charge in [0.2, 0.25) is 0 Å². The van der Waals surface area contributed by atoms with Crippen LogP contribution in [-0.2, 0) is 6.54 Å². The minimum absolute atomic E-state index is 0.566. The zero-order chi connectivity index (χ0) is 13.8. The molecule has 0 aliphatic carbocycles. The van der Waals surface area contributed by atoms with Crippen molar-refractivity contribution in [3.05, 3.63) is 10.6 Å². The highest BCUT2D eigenvalue weighted by molar-refractivity contribution is 7.15. The Labute approximate surface area is 121 Å². The molecule has 1 aromatic rings. The predicted octanol–water partition coefficient (Wildman–Crippen LogP) is 3.75. The molecule has 1 aliphatic heterocycles. The molecule has 0 saturated carbocycles. The van der Waals surface area contributed by atoms with Crippen LogP contribution in [0.3, 0.4) is 0 Å². The lowest BCUT2D eigenvalue weighted by molar-refractivity contribution is 0.674. The van der Waals surface area contributed by atoms with Crippen LogP contribution in [0.1, 0.15) is 63.4 Å². The second-order valence-corrected chi connectivity index (χ2v) is 6.64. The topological polar surface area (TPSA) is 28.2 Å². The van der Waals surface area contributed by atoms with Crippen molar-refractivity contribution >= 4 is 16.5 Å². The van der Waals surface area contributed by atoms with E-state index in [4.69, 9.17) is 4.98 Å². The lowest BCUT2D eigenvalue weighted by Gasteiger charge is -2.20. The molecule has 108 valence electrons. The molecule has 1 saturated heterocycles. The summed E-state index contributed by atoms with van der Waals surface area (Å²) in [6.07, 6.45) is 3.78. The van der Waals surface area contributed by atoms with Gasteiger partial charge in [-0.15, -0.1) is 11.3 Å². The zero-order valence-electron chi connectivity index (χ0n) is 12.7. The van der Waals surface area contributed by atoms with Gasteiger partial charge in [-0.05, 0) is 38.6 Å². The van der Waals surface area contributed by atoms with Gasteiger partial charge in [0, 0.05) is 24.0 Å². The van der Waals surface area contributed by atoms with Gasteiger partial charge in [0.15, 0.2) is 5.13 Å². The van der Waals surface area contributed by atoms with Crippen molar-refractivity contribution in [3.63, 3.8) is 0 Å². The van der Waals surface area contributed by atoms with Crippen LogP contribution in [0.25, 0.3) is 0 Å². The summed E-state index contributed by atoms with van der Waals surface area (Å²) in [4.78, 5) is 8.90. The summed E-state index contributed by atoms with van der Waals surface area (Å²) in [6.45, 7) is 12.2. The maximum Gasteiger partial charge on any atom is 0.186 e. The molecule has 1 fully saturated rings. The van der Waals surface area contributed by atoms with Crippen molar-refractivity contribution in [2.45, 2.75) is 65.5 Å². The standard InChI is InChI=1S/C15H27N3S/c1-5-11(3)14-13(10-16-6-2)19-15(17-14)18-9-7-8-12(18)4/h11-12,16H,5-10H2,1-4H3. The number of rotatable bonds is 6.